The Morgan fingerprint density at radius 2 is 1.88 bits per heavy atom. The van der Waals surface area contributed by atoms with Crippen molar-refractivity contribution in [3.63, 3.8) is 0 Å². The van der Waals surface area contributed by atoms with Gasteiger partial charge in [0.05, 0.1) is 12.9 Å². The normalized spacial score (nSPS) is 9.68. The van der Waals surface area contributed by atoms with Crippen LogP contribution in [0.15, 0.2) is 85.9 Å². The minimum atomic E-state index is 0.0139. The van der Waals surface area contributed by atoms with Gasteiger partial charge in [-0.05, 0) is 18.5 Å². The van der Waals surface area contributed by atoms with Crippen molar-refractivity contribution in [2.24, 2.45) is 0 Å². The number of rotatable bonds is 6. The fourth-order valence-corrected chi connectivity index (χ4v) is 2.50. The maximum Gasteiger partial charge on any atom is 0.238 e. The number of imidazole rings is 1. The van der Waals surface area contributed by atoms with Crippen LogP contribution in [0.5, 0.6) is 5.75 Å². The Morgan fingerprint density at radius 3 is 2.44 bits per heavy atom. The third kappa shape index (κ3) is 5.36. The lowest BCUT2D eigenvalue weighted by atomic mass is 9.41. The van der Waals surface area contributed by atoms with Crippen molar-refractivity contribution in [3.8, 4) is 5.75 Å². The Hall–Kier alpha value is -2.79. The monoisotopic (exact) mass is 334 g/mol. The van der Waals surface area contributed by atoms with Gasteiger partial charge < -0.3 is 14.4 Å². The summed E-state index contributed by atoms with van der Waals surface area (Å²) in [5.41, 5.74) is 2.40. The van der Waals surface area contributed by atoms with Crippen LogP contribution < -0.4 is 15.7 Å². The summed E-state index contributed by atoms with van der Waals surface area (Å²) in [4.78, 5) is 3.70. The lowest BCUT2D eigenvalue weighted by molar-refractivity contribution is 0.210. The Kier molecular flexibility index (Phi) is 7.54. The van der Waals surface area contributed by atoms with E-state index in [0.29, 0.717) is 6.61 Å². The van der Waals surface area contributed by atoms with Crippen LogP contribution in [0.25, 0.3) is 0 Å². The highest BCUT2D eigenvalue weighted by molar-refractivity contribution is 6.89. The molecule has 0 aliphatic heterocycles. The van der Waals surface area contributed by atoms with E-state index in [0.717, 1.165) is 5.75 Å². The van der Waals surface area contributed by atoms with Crippen molar-refractivity contribution >= 4 is 17.6 Å². The van der Waals surface area contributed by atoms with E-state index in [9.17, 15) is 0 Å². The van der Waals surface area contributed by atoms with Gasteiger partial charge in [0.25, 0.3) is 0 Å². The molecule has 0 aliphatic rings. The molecule has 0 spiro atoms. The number of aliphatic hydroxyl groups is 1. The molecule has 1 N–H and O–H groups in total. The Labute approximate surface area is 149 Å². The minimum absolute atomic E-state index is 0.0139. The second-order valence-electron chi connectivity index (χ2n) is 5.31. The number of ether oxygens (including phenoxy) is 1. The molecule has 0 fully saturated rings. The van der Waals surface area contributed by atoms with Crippen molar-refractivity contribution < 1.29 is 9.84 Å². The van der Waals surface area contributed by atoms with E-state index in [-0.39, 0.29) is 13.4 Å². The minimum Gasteiger partial charge on any atom is -0.494 e. The van der Waals surface area contributed by atoms with Gasteiger partial charge in [-0.3, -0.25) is 0 Å². The molecule has 2 aromatic carbocycles. The lowest BCUT2D eigenvalue weighted by Crippen LogP contribution is -2.41. The molecule has 1 heterocycles. The molecule has 1 aromatic heterocycles. The van der Waals surface area contributed by atoms with E-state index in [1.807, 2.05) is 37.2 Å². The third-order valence-corrected chi connectivity index (χ3v) is 3.67. The number of benzene rings is 2. The van der Waals surface area contributed by atoms with Crippen LogP contribution in [0.4, 0.5) is 0 Å². The molecule has 0 saturated heterocycles. The van der Waals surface area contributed by atoms with Gasteiger partial charge in [-0.1, -0.05) is 54.0 Å². The molecular weight excluding hydrogens is 311 g/mol. The number of hydrogen-bond acceptors (Lipinski definition) is 3. The van der Waals surface area contributed by atoms with Gasteiger partial charge in [-0.25, -0.2) is 4.98 Å². The molecule has 0 radical (unpaired) electrons. The zero-order chi connectivity index (χ0) is 17.9. The van der Waals surface area contributed by atoms with Crippen LogP contribution in [-0.2, 0) is 6.73 Å². The second-order valence-corrected chi connectivity index (χ2v) is 5.31. The smallest absolute Gasteiger partial charge is 0.238 e. The van der Waals surface area contributed by atoms with Crippen LogP contribution in [0, 0.1) is 0 Å². The number of aliphatic hydroxyl groups excluding tert-OH is 1. The van der Waals surface area contributed by atoms with Crippen molar-refractivity contribution in [2.75, 3.05) is 6.61 Å². The highest BCUT2D eigenvalue weighted by Gasteiger charge is 2.18. The van der Waals surface area contributed by atoms with Crippen LogP contribution in [0.1, 0.15) is 6.92 Å². The molecule has 0 saturated carbocycles. The van der Waals surface area contributed by atoms with Crippen LogP contribution >= 0.6 is 0 Å². The van der Waals surface area contributed by atoms with Crippen molar-refractivity contribution in [2.45, 2.75) is 13.7 Å². The Morgan fingerprint density at radius 1 is 1.16 bits per heavy atom. The van der Waals surface area contributed by atoms with E-state index >= 15 is 0 Å². The summed E-state index contributed by atoms with van der Waals surface area (Å²) in [6.45, 7) is 6.83. The summed E-state index contributed by atoms with van der Waals surface area (Å²) in [5, 5.41) is 8.35. The van der Waals surface area contributed by atoms with E-state index in [4.69, 9.17) is 9.84 Å². The first kappa shape index (κ1) is 18.6. The standard InChI is InChI=1S/C16H17BO.C4H6N2O/c1-3-17(14-10-6-5-7-11-14)15-12-8-9-13-16(15)18-4-2;7-4-6-2-1-5-3-6/h3,5-13H,1,4H2,2H3;1-3,7H,4H2. The summed E-state index contributed by atoms with van der Waals surface area (Å²) >= 11 is 0. The first-order valence-corrected chi connectivity index (χ1v) is 8.26. The fraction of sp³-hybridized carbons (Fsp3) is 0.150. The summed E-state index contributed by atoms with van der Waals surface area (Å²) in [6, 6.07) is 18.5. The van der Waals surface area contributed by atoms with E-state index < -0.39 is 0 Å². The van der Waals surface area contributed by atoms with Crippen LogP contribution in [-0.4, -0.2) is 28.0 Å². The zero-order valence-electron chi connectivity index (χ0n) is 14.5. The Bertz CT molecular complexity index is 745. The van der Waals surface area contributed by atoms with Crippen molar-refractivity contribution in [1.29, 1.82) is 0 Å². The molecular formula is C20H23BN2O2. The van der Waals surface area contributed by atoms with Crippen LogP contribution in [0.3, 0.4) is 0 Å². The van der Waals surface area contributed by atoms with Gasteiger partial charge in [0.2, 0.25) is 6.71 Å². The van der Waals surface area contributed by atoms with Gasteiger partial charge in [0.1, 0.15) is 12.5 Å². The molecule has 4 nitrogen and oxygen atoms in total. The quantitative estimate of drug-likeness (QED) is 0.704. The summed E-state index contributed by atoms with van der Waals surface area (Å²) in [5.74, 6) is 2.90. The molecule has 3 rings (SSSR count). The first-order chi connectivity index (χ1) is 12.3. The van der Waals surface area contributed by atoms with Crippen molar-refractivity contribution in [1.82, 2.24) is 9.55 Å². The summed E-state index contributed by atoms with van der Waals surface area (Å²) in [6.07, 6.45) is 4.87. The Balaban J connectivity index is 0.000000269. The van der Waals surface area contributed by atoms with E-state index in [1.165, 1.54) is 10.9 Å². The van der Waals surface area contributed by atoms with Gasteiger partial charge in [-0.2, -0.15) is 0 Å². The van der Waals surface area contributed by atoms with Gasteiger partial charge in [0.15, 0.2) is 0 Å². The highest BCUT2D eigenvalue weighted by Crippen LogP contribution is 2.08. The van der Waals surface area contributed by atoms with E-state index in [2.05, 4.69) is 41.9 Å². The predicted molar refractivity (Wildman–Crippen MR) is 104 cm³/mol. The predicted octanol–water partition coefficient (Wildman–Crippen LogP) is 2.25. The first-order valence-electron chi connectivity index (χ1n) is 8.26. The molecule has 0 bridgehead atoms. The van der Waals surface area contributed by atoms with E-state index in [1.54, 1.807) is 23.3 Å². The van der Waals surface area contributed by atoms with Gasteiger partial charge in [-0.15, -0.1) is 12.6 Å². The molecule has 25 heavy (non-hydrogen) atoms. The number of hydrogen-bond donors (Lipinski definition) is 1. The van der Waals surface area contributed by atoms with Gasteiger partial charge >= 0.3 is 0 Å². The largest absolute Gasteiger partial charge is 0.494 e. The summed E-state index contributed by atoms with van der Waals surface area (Å²) < 4.78 is 7.26. The number of nitrogens with zero attached hydrogens (tertiary/aromatic N) is 2. The van der Waals surface area contributed by atoms with Crippen LogP contribution in [0.2, 0.25) is 0 Å². The molecule has 128 valence electrons. The maximum atomic E-state index is 8.35. The maximum absolute atomic E-state index is 8.35. The summed E-state index contributed by atoms with van der Waals surface area (Å²) in [7, 11) is 0. The molecule has 0 aliphatic carbocycles. The average molecular weight is 334 g/mol. The fourth-order valence-electron chi connectivity index (χ4n) is 2.50. The average Bonchev–Trinajstić information content (AvgIpc) is 3.19. The zero-order valence-corrected chi connectivity index (χ0v) is 14.5. The SMILES string of the molecule is C=CB(c1ccccc1)c1ccccc1OCC.OCn1ccnc1. The molecule has 0 atom stereocenters. The van der Waals surface area contributed by atoms with Crippen molar-refractivity contribution in [3.05, 3.63) is 85.9 Å². The second kappa shape index (κ2) is 10.2. The highest BCUT2D eigenvalue weighted by atomic mass is 16.5. The molecule has 0 amide bonds. The molecule has 5 heteroatoms. The third-order valence-electron chi connectivity index (χ3n) is 3.67. The molecule has 0 unspecified atom stereocenters. The number of para-hydroxylation sites is 1. The van der Waals surface area contributed by atoms with Gasteiger partial charge in [0, 0.05) is 12.4 Å². The molecule has 3 aromatic rings. The number of aromatic nitrogens is 2. The topological polar surface area (TPSA) is 47.3 Å². The lowest BCUT2D eigenvalue weighted by Gasteiger charge is -2.15.